The molecule has 0 aromatic heterocycles. The maximum atomic E-state index is 12.5. The van der Waals surface area contributed by atoms with Crippen LogP contribution in [0.5, 0.6) is 0 Å². The van der Waals surface area contributed by atoms with Crippen molar-refractivity contribution in [2.24, 2.45) is 0 Å². The SMILES string of the molecule is CCN(CC)S(=O)(=O)c1ccc(CNCc2ccc(SC)cc2)cc1. The van der Waals surface area contributed by atoms with Gasteiger partial charge in [0.15, 0.2) is 0 Å². The quantitative estimate of drug-likeness (QED) is 0.676. The molecule has 0 radical (unpaired) electrons. The highest BCUT2D eigenvalue weighted by molar-refractivity contribution is 7.98. The van der Waals surface area contributed by atoms with Crippen molar-refractivity contribution < 1.29 is 8.42 Å². The summed E-state index contributed by atoms with van der Waals surface area (Å²) in [7, 11) is -3.38. The van der Waals surface area contributed by atoms with Gasteiger partial charge >= 0.3 is 0 Å². The van der Waals surface area contributed by atoms with Crippen LogP contribution in [-0.4, -0.2) is 32.1 Å². The van der Waals surface area contributed by atoms with Crippen LogP contribution in [-0.2, 0) is 23.1 Å². The van der Waals surface area contributed by atoms with Crippen molar-refractivity contribution in [1.29, 1.82) is 0 Å². The summed E-state index contributed by atoms with van der Waals surface area (Å²) in [5.74, 6) is 0. The minimum atomic E-state index is -3.38. The van der Waals surface area contributed by atoms with Gasteiger partial charge in [-0.1, -0.05) is 38.1 Å². The monoisotopic (exact) mass is 378 g/mol. The van der Waals surface area contributed by atoms with Crippen LogP contribution in [0.15, 0.2) is 58.3 Å². The van der Waals surface area contributed by atoms with E-state index in [1.165, 1.54) is 14.8 Å². The molecule has 0 aliphatic rings. The van der Waals surface area contributed by atoms with E-state index in [2.05, 4.69) is 35.8 Å². The van der Waals surface area contributed by atoms with Gasteiger partial charge in [-0.3, -0.25) is 0 Å². The molecule has 0 unspecified atom stereocenters. The van der Waals surface area contributed by atoms with Crippen LogP contribution in [0, 0.1) is 0 Å². The first-order chi connectivity index (χ1) is 12.0. The number of benzene rings is 2. The van der Waals surface area contributed by atoms with Crippen molar-refractivity contribution in [3.05, 3.63) is 59.7 Å². The predicted octanol–water partition coefficient (Wildman–Crippen LogP) is 3.73. The third kappa shape index (κ3) is 5.31. The minimum absolute atomic E-state index is 0.354. The summed E-state index contributed by atoms with van der Waals surface area (Å²) >= 11 is 1.73. The van der Waals surface area contributed by atoms with Crippen LogP contribution in [0.2, 0.25) is 0 Å². The molecule has 0 saturated carbocycles. The Balaban J connectivity index is 1.93. The maximum Gasteiger partial charge on any atom is 0.243 e. The molecular weight excluding hydrogens is 352 g/mol. The highest BCUT2D eigenvalue weighted by Crippen LogP contribution is 2.17. The molecule has 136 valence electrons. The number of thioether (sulfide) groups is 1. The zero-order valence-electron chi connectivity index (χ0n) is 15.0. The summed E-state index contributed by atoms with van der Waals surface area (Å²) in [4.78, 5) is 1.61. The van der Waals surface area contributed by atoms with Gasteiger partial charge in [0.2, 0.25) is 10.0 Å². The molecule has 0 aliphatic carbocycles. The van der Waals surface area contributed by atoms with Gasteiger partial charge in [-0.15, -0.1) is 11.8 Å². The molecule has 0 aliphatic heterocycles. The van der Waals surface area contributed by atoms with Gasteiger partial charge in [-0.05, 0) is 41.6 Å². The Bertz CT molecular complexity index is 753. The van der Waals surface area contributed by atoms with Crippen LogP contribution in [0.1, 0.15) is 25.0 Å². The van der Waals surface area contributed by atoms with Crippen molar-refractivity contribution in [3.63, 3.8) is 0 Å². The number of sulfonamides is 1. The number of hydrogen-bond donors (Lipinski definition) is 1. The fourth-order valence-corrected chi connectivity index (χ4v) is 4.45. The molecule has 0 heterocycles. The Labute approximate surface area is 155 Å². The zero-order chi connectivity index (χ0) is 18.3. The highest BCUT2D eigenvalue weighted by atomic mass is 32.2. The summed E-state index contributed by atoms with van der Waals surface area (Å²) < 4.78 is 26.4. The van der Waals surface area contributed by atoms with E-state index in [0.717, 1.165) is 12.1 Å². The van der Waals surface area contributed by atoms with E-state index in [-0.39, 0.29) is 0 Å². The second kappa shape index (κ2) is 9.38. The second-order valence-corrected chi connectivity index (χ2v) is 8.50. The Morgan fingerprint density at radius 1 is 0.880 bits per heavy atom. The molecule has 6 heteroatoms. The number of hydrogen-bond acceptors (Lipinski definition) is 4. The standard InChI is InChI=1S/C19H26N2O2S2/c1-4-21(5-2)25(22,23)19-12-8-17(9-13-19)15-20-14-16-6-10-18(24-3)11-7-16/h6-13,20H,4-5,14-15H2,1-3H3. The zero-order valence-corrected chi connectivity index (χ0v) is 16.7. The second-order valence-electron chi connectivity index (χ2n) is 5.68. The third-order valence-electron chi connectivity index (χ3n) is 4.08. The molecular formula is C19H26N2O2S2. The third-order valence-corrected chi connectivity index (χ3v) is 6.89. The summed E-state index contributed by atoms with van der Waals surface area (Å²) in [5.41, 5.74) is 2.30. The van der Waals surface area contributed by atoms with Gasteiger partial charge in [0.25, 0.3) is 0 Å². The smallest absolute Gasteiger partial charge is 0.243 e. The highest BCUT2D eigenvalue weighted by Gasteiger charge is 2.20. The molecule has 25 heavy (non-hydrogen) atoms. The molecule has 0 fully saturated rings. The Kier molecular flexibility index (Phi) is 7.50. The average molecular weight is 379 g/mol. The summed E-state index contributed by atoms with van der Waals surface area (Å²) in [6.45, 7) is 6.16. The first-order valence-corrected chi connectivity index (χ1v) is 11.1. The summed E-state index contributed by atoms with van der Waals surface area (Å²) in [5, 5.41) is 3.39. The molecule has 0 atom stereocenters. The molecule has 2 aromatic carbocycles. The lowest BCUT2D eigenvalue weighted by molar-refractivity contribution is 0.445. The molecule has 0 spiro atoms. The molecule has 2 rings (SSSR count). The van der Waals surface area contributed by atoms with Gasteiger partial charge in [0.05, 0.1) is 4.90 Å². The summed E-state index contributed by atoms with van der Waals surface area (Å²) in [6.07, 6.45) is 2.07. The Hall–Kier alpha value is -1.34. The molecule has 0 saturated heterocycles. The Morgan fingerprint density at radius 2 is 1.36 bits per heavy atom. The van der Waals surface area contributed by atoms with Crippen molar-refractivity contribution in [1.82, 2.24) is 9.62 Å². The lowest BCUT2D eigenvalue weighted by Crippen LogP contribution is -2.30. The molecule has 4 nitrogen and oxygen atoms in total. The first-order valence-electron chi connectivity index (χ1n) is 8.44. The van der Waals surface area contributed by atoms with Gasteiger partial charge < -0.3 is 5.32 Å². The van der Waals surface area contributed by atoms with Gasteiger partial charge in [-0.25, -0.2) is 8.42 Å². The largest absolute Gasteiger partial charge is 0.309 e. The Morgan fingerprint density at radius 3 is 1.80 bits per heavy atom. The topological polar surface area (TPSA) is 49.4 Å². The van der Waals surface area contributed by atoms with E-state index in [0.29, 0.717) is 24.5 Å². The van der Waals surface area contributed by atoms with Crippen molar-refractivity contribution >= 4 is 21.8 Å². The lowest BCUT2D eigenvalue weighted by atomic mass is 10.2. The first kappa shape index (κ1) is 20.0. The normalized spacial score (nSPS) is 11.8. The van der Waals surface area contributed by atoms with Crippen LogP contribution in [0.4, 0.5) is 0 Å². The molecule has 1 N–H and O–H groups in total. The predicted molar refractivity (Wildman–Crippen MR) is 105 cm³/mol. The van der Waals surface area contributed by atoms with E-state index in [1.807, 2.05) is 26.0 Å². The number of rotatable bonds is 9. The van der Waals surface area contributed by atoms with Crippen molar-refractivity contribution in [2.75, 3.05) is 19.3 Å². The fraction of sp³-hybridized carbons (Fsp3) is 0.368. The molecule has 2 aromatic rings. The van der Waals surface area contributed by atoms with E-state index < -0.39 is 10.0 Å². The molecule has 0 amide bonds. The number of nitrogens with one attached hydrogen (secondary N) is 1. The van der Waals surface area contributed by atoms with Gasteiger partial charge in [-0.2, -0.15) is 4.31 Å². The van der Waals surface area contributed by atoms with E-state index in [1.54, 1.807) is 23.9 Å². The fourth-order valence-electron chi connectivity index (χ4n) is 2.59. The molecule has 0 bridgehead atoms. The number of nitrogens with zero attached hydrogens (tertiary/aromatic N) is 1. The van der Waals surface area contributed by atoms with Gasteiger partial charge in [0, 0.05) is 31.1 Å². The van der Waals surface area contributed by atoms with Crippen molar-refractivity contribution in [3.8, 4) is 0 Å². The van der Waals surface area contributed by atoms with Crippen LogP contribution in [0.3, 0.4) is 0 Å². The average Bonchev–Trinajstić information content (AvgIpc) is 2.63. The van der Waals surface area contributed by atoms with E-state index in [9.17, 15) is 8.42 Å². The van der Waals surface area contributed by atoms with Crippen LogP contribution < -0.4 is 5.32 Å². The van der Waals surface area contributed by atoms with Crippen LogP contribution in [0.25, 0.3) is 0 Å². The lowest BCUT2D eigenvalue weighted by Gasteiger charge is -2.18. The maximum absolute atomic E-state index is 12.5. The van der Waals surface area contributed by atoms with Gasteiger partial charge in [0.1, 0.15) is 0 Å². The minimum Gasteiger partial charge on any atom is -0.309 e. The van der Waals surface area contributed by atoms with Crippen molar-refractivity contribution in [2.45, 2.75) is 36.7 Å². The van der Waals surface area contributed by atoms with E-state index >= 15 is 0 Å². The van der Waals surface area contributed by atoms with E-state index in [4.69, 9.17) is 0 Å². The summed E-state index contributed by atoms with van der Waals surface area (Å²) in [6, 6.07) is 15.6. The van der Waals surface area contributed by atoms with Crippen LogP contribution >= 0.6 is 11.8 Å².